The number of nitrogens with zero attached hydrogens (tertiary/aromatic N) is 3. The lowest BCUT2D eigenvalue weighted by Crippen LogP contribution is -2.50. The minimum atomic E-state index is -0.885. The van der Waals surface area contributed by atoms with Gasteiger partial charge >= 0.3 is 6.09 Å². The molecule has 314 valence electrons. The Balaban J connectivity index is 0.944. The standard InChI is InChI=1S/C49H53N7O5/c1-5-24-55(44(58)26-33-13-8-6-9-14-33)31-43(57)51-38-20-17-34(18-21-38)40-28-36-27-35(19-22-39(36)52-40)41-30-50-45(53-41)48(4)23-12-25-56(48)46(59)49(37-15-10-7-11-16-37)29-42(49)54-47(60)61-32(2)3/h6-11,13-22,27-28,30,32,42,52H,5,12,23-26,29,31H2,1-4H3,(H,50,53)(H,51,57)(H,54,60). The fraction of sp³-hybridized carbons (Fsp3) is 0.327. The average Bonchev–Trinajstić information content (AvgIpc) is 3.61. The van der Waals surface area contributed by atoms with Crippen molar-refractivity contribution in [2.75, 3.05) is 25.0 Å². The van der Waals surface area contributed by atoms with Crippen LogP contribution in [0.2, 0.25) is 0 Å². The summed E-state index contributed by atoms with van der Waals surface area (Å²) >= 11 is 0. The number of alkyl carbamates (subject to hydrolysis) is 1. The van der Waals surface area contributed by atoms with Crippen molar-refractivity contribution < 1.29 is 23.9 Å². The molecule has 1 saturated carbocycles. The third-order valence-electron chi connectivity index (χ3n) is 12.0. The van der Waals surface area contributed by atoms with E-state index in [1.54, 1.807) is 18.7 Å². The van der Waals surface area contributed by atoms with Crippen LogP contribution in [0.5, 0.6) is 0 Å². The molecule has 4 amide bonds. The molecular formula is C49H53N7O5. The van der Waals surface area contributed by atoms with Crippen LogP contribution in [0.3, 0.4) is 0 Å². The number of nitrogens with one attached hydrogen (secondary N) is 4. The molecule has 3 unspecified atom stereocenters. The summed E-state index contributed by atoms with van der Waals surface area (Å²) in [5.74, 6) is 0.388. The highest BCUT2D eigenvalue weighted by atomic mass is 16.6. The van der Waals surface area contributed by atoms with Gasteiger partial charge < -0.3 is 35.1 Å². The van der Waals surface area contributed by atoms with Gasteiger partial charge in [-0.2, -0.15) is 0 Å². The van der Waals surface area contributed by atoms with Crippen LogP contribution >= 0.6 is 0 Å². The Morgan fingerprint density at radius 1 is 0.902 bits per heavy atom. The first-order valence-corrected chi connectivity index (χ1v) is 21.2. The summed E-state index contributed by atoms with van der Waals surface area (Å²) in [6, 6.07) is 34.9. The summed E-state index contributed by atoms with van der Waals surface area (Å²) in [5.41, 5.74) is 5.57. The molecule has 4 aromatic carbocycles. The number of benzene rings is 4. The highest BCUT2D eigenvalue weighted by Crippen LogP contribution is 2.53. The molecule has 6 aromatic rings. The van der Waals surface area contributed by atoms with Crippen LogP contribution in [-0.2, 0) is 36.5 Å². The summed E-state index contributed by atoms with van der Waals surface area (Å²) in [4.78, 5) is 69.0. The predicted molar refractivity (Wildman–Crippen MR) is 237 cm³/mol. The van der Waals surface area contributed by atoms with E-state index in [1.807, 2.05) is 115 Å². The smallest absolute Gasteiger partial charge is 0.407 e. The first-order valence-electron chi connectivity index (χ1n) is 21.2. The Morgan fingerprint density at radius 2 is 1.62 bits per heavy atom. The summed E-state index contributed by atoms with van der Waals surface area (Å²) in [6.07, 6.45) is 4.14. The molecule has 1 saturated heterocycles. The highest BCUT2D eigenvalue weighted by Gasteiger charge is 2.65. The number of H-pyrrole nitrogens is 2. The number of carbonyl (C=O) groups excluding carboxylic acids is 4. The minimum Gasteiger partial charge on any atom is -0.447 e. The Morgan fingerprint density at radius 3 is 2.34 bits per heavy atom. The first kappa shape index (κ1) is 41.1. The SMILES string of the molecule is CCCN(CC(=O)Nc1ccc(-c2cc3cc(-c4cnc(C5(C)CCCN5C(=O)C5(c6ccccc6)CC5NC(=O)OC(C)C)[nH]4)ccc3[nH]2)cc1)C(=O)Cc1ccccc1. The van der Waals surface area contributed by atoms with E-state index in [0.717, 1.165) is 69.6 Å². The summed E-state index contributed by atoms with van der Waals surface area (Å²) in [5, 5.41) is 6.94. The van der Waals surface area contributed by atoms with Crippen molar-refractivity contribution in [1.29, 1.82) is 0 Å². The maximum atomic E-state index is 14.7. The second kappa shape index (κ2) is 17.1. The van der Waals surface area contributed by atoms with Crippen LogP contribution in [-0.4, -0.2) is 80.3 Å². The van der Waals surface area contributed by atoms with Gasteiger partial charge in [-0.05, 0) is 93.5 Å². The van der Waals surface area contributed by atoms with Crippen molar-refractivity contribution >= 4 is 40.4 Å². The van der Waals surface area contributed by atoms with Crippen molar-refractivity contribution in [1.82, 2.24) is 30.1 Å². The largest absolute Gasteiger partial charge is 0.447 e. The number of aromatic amines is 2. The van der Waals surface area contributed by atoms with Crippen molar-refractivity contribution in [2.45, 2.75) is 82.9 Å². The Kier molecular flexibility index (Phi) is 11.5. The van der Waals surface area contributed by atoms with Crippen LogP contribution in [0, 0.1) is 0 Å². The van der Waals surface area contributed by atoms with Crippen molar-refractivity contribution in [3.63, 3.8) is 0 Å². The lowest BCUT2D eigenvalue weighted by Gasteiger charge is -2.36. The fourth-order valence-electron chi connectivity index (χ4n) is 8.77. The molecule has 4 N–H and O–H groups in total. The number of ether oxygens (including phenoxy) is 1. The van der Waals surface area contributed by atoms with Gasteiger partial charge in [-0.25, -0.2) is 9.78 Å². The van der Waals surface area contributed by atoms with Gasteiger partial charge in [-0.3, -0.25) is 14.4 Å². The molecule has 3 heterocycles. The lowest BCUT2D eigenvalue weighted by atomic mass is 9.90. The zero-order chi connectivity index (χ0) is 42.7. The number of likely N-dealkylation sites (tertiary alicyclic amines) is 1. The maximum Gasteiger partial charge on any atom is 0.407 e. The molecule has 0 bridgehead atoms. The summed E-state index contributed by atoms with van der Waals surface area (Å²) in [7, 11) is 0. The maximum absolute atomic E-state index is 14.7. The average molecular weight is 820 g/mol. The van der Waals surface area contributed by atoms with Crippen LogP contribution < -0.4 is 10.6 Å². The van der Waals surface area contributed by atoms with E-state index in [2.05, 4.69) is 39.7 Å². The molecule has 0 spiro atoms. The van der Waals surface area contributed by atoms with Gasteiger partial charge in [0.1, 0.15) is 5.82 Å². The van der Waals surface area contributed by atoms with Gasteiger partial charge in [-0.15, -0.1) is 0 Å². The van der Waals surface area contributed by atoms with Crippen LogP contribution in [0.1, 0.15) is 70.3 Å². The molecule has 1 aliphatic heterocycles. The highest BCUT2D eigenvalue weighted by molar-refractivity contribution is 5.96. The van der Waals surface area contributed by atoms with E-state index >= 15 is 0 Å². The molecule has 1 aliphatic carbocycles. The molecule has 2 aliphatic rings. The van der Waals surface area contributed by atoms with Crippen LogP contribution in [0.15, 0.2) is 115 Å². The Bertz CT molecular complexity index is 2530. The van der Waals surface area contributed by atoms with Crippen LogP contribution in [0.4, 0.5) is 10.5 Å². The summed E-state index contributed by atoms with van der Waals surface area (Å²) < 4.78 is 5.38. The van der Waals surface area contributed by atoms with Crippen molar-refractivity contribution in [3.8, 4) is 22.5 Å². The number of imidazole rings is 1. The zero-order valence-electron chi connectivity index (χ0n) is 35.2. The fourth-order valence-corrected chi connectivity index (χ4v) is 8.77. The van der Waals surface area contributed by atoms with Crippen LogP contribution in [0.25, 0.3) is 33.4 Å². The van der Waals surface area contributed by atoms with E-state index in [-0.39, 0.29) is 42.8 Å². The minimum absolute atomic E-state index is 0.00974. The van der Waals surface area contributed by atoms with E-state index in [1.165, 1.54) is 0 Å². The first-order chi connectivity index (χ1) is 29.5. The van der Waals surface area contributed by atoms with E-state index in [0.29, 0.717) is 25.2 Å². The van der Waals surface area contributed by atoms with Crippen molar-refractivity contribution in [3.05, 3.63) is 132 Å². The zero-order valence-corrected chi connectivity index (χ0v) is 35.2. The number of rotatable bonds is 14. The van der Waals surface area contributed by atoms with Gasteiger partial charge in [0.2, 0.25) is 17.7 Å². The third-order valence-corrected chi connectivity index (χ3v) is 12.0. The number of hydrogen-bond donors (Lipinski definition) is 4. The van der Waals surface area contributed by atoms with Gasteiger partial charge in [-0.1, -0.05) is 85.8 Å². The molecule has 8 rings (SSSR count). The quantitative estimate of drug-likeness (QED) is 0.0868. The molecular weight excluding hydrogens is 767 g/mol. The third kappa shape index (κ3) is 8.52. The van der Waals surface area contributed by atoms with Gasteiger partial charge in [0, 0.05) is 40.9 Å². The number of anilines is 1. The second-order valence-electron chi connectivity index (χ2n) is 16.8. The van der Waals surface area contributed by atoms with E-state index in [4.69, 9.17) is 9.72 Å². The normalized spacial score (nSPS) is 19.5. The molecule has 2 aromatic heterocycles. The van der Waals surface area contributed by atoms with Gasteiger partial charge in [0.15, 0.2) is 0 Å². The number of fused-ring (bicyclic) bond motifs is 1. The number of aromatic nitrogens is 3. The Labute approximate surface area is 356 Å². The number of amides is 4. The number of carbonyl (C=O) groups is 4. The molecule has 2 fully saturated rings. The monoisotopic (exact) mass is 819 g/mol. The van der Waals surface area contributed by atoms with E-state index in [9.17, 15) is 19.2 Å². The van der Waals surface area contributed by atoms with Gasteiger partial charge in [0.05, 0.1) is 48.0 Å². The van der Waals surface area contributed by atoms with Gasteiger partial charge in [0.25, 0.3) is 0 Å². The topological polar surface area (TPSA) is 153 Å². The molecule has 0 radical (unpaired) electrons. The molecule has 61 heavy (non-hydrogen) atoms. The lowest BCUT2D eigenvalue weighted by molar-refractivity contribution is -0.138. The summed E-state index contributed by atoms with van der Waals surface area (Å²) in [6.45, 7) is 8.76. The number of hydrogen-bond acceptors (Lipinski definition) is 6. The van der Waals surface area contributed by atoms with Crippen molar-refractivity contribution in [2.24, 2.45) is 0 Å². The molecule has 3 atom stereocenters. The predicted octanol–water partition coefficient (Wildman–Crippen LogP) is 8.33. The van der Waals surface area contributed by atoms with E-state index < -0.39 is 17.0 Å². The molecule has 12 nitrogen and oxygen atoms in total. The molecule has 12 heteroatoms. The second-order valence-corrected chi connectivity index (χ2v) is 16.8. The Hall–Kier alpha value is -6.69.